The standard InChI is InChI=1S/C14H20ClN3/c1-10-5-4-6-14(7-10,9-16)8-12-11(2)17-18(3)13(12)15/h10H,4-8H2,1-3H3. The first-order valence-electron chi connectivity index (χ1n) is 6.57. The lowest BCUT2D eigenvalue weighted by Gasteiger charge is -2.34. The Bertz CT molecular complexity index is 486. The van der Waals surface area contributed by atoms with Crippen LogP contribution in [0.4, 0.5) is 0 Å². The highest BCUT2D eigenvalue weighted by molar-refractivity contribution is 6.30. The third kappa shape index (κ3) is 2.40. The maximum absolute atomic E-state index is 9.59. The minimum Gasteiger partial charge on any atom is -0.257 e. The fourth-order valence-corrected chi connectivity index (χ4v) is 3.42. The summed E-state index contributed by atoms with van der Waals surface area (Å²) in [5.41, 5.74) is 1.76. The minimum absolute atomic E-state index is 0.241. The molecule has 0 N–H and O–H groups in total. The van der Waals surface area contributed by atoms with Gasteiger partial charge in [0, 0.05) is 12.6 Å². The first-order chi connectivity index (χ1) is 8.47. The minimum atomic E-state index is -0.241. The molecule has 18 heavy (non-hydrogen) atoms. The number of nitriles is 1. The van der Waals surface area contributed by atoms with Crippen molar-refractivity contribution in [3.63, 3.8) is 0 Å². The summed E-state index contributed by atoms with van der Waals surface area (Å²) in [5, 5.41) is 14.6. The predicted octanol–water partition coefficient (Wildman–Crippen LogP) is 3.64. The van der Waals surface area contributed by atoms with Crippen molar-refractivity contribution >= 4 is 11.6 Å². The van der Waals surface area contributed by atoms with Crippen molar-refractivity contribution < 1.29 is 0 Å². The van der Waals surface area contributed by atoms with E-state index in [0.29, 0.717) is 11.1 Å². The monoisotopic (exact) mass is 265 g/mol. The highest BCUT2D eigenvalue weighted by Crippen LogP contribution is 2.42. The van der Waals surface area contributed by atoms with Crippen LogP contribution in [0.25, 0.3) is 0 Å². The summed E-state index contributed by atoms with van der Waals surface area (Å²) in [6.07, 6.45) is 5.09. The highest BCUT2D eigenvalue weighted by Gasteiger charge is 2.36. The van der Waals surface area contributed by atoms with Gasteiger partial charge in [-0.2, -0.15) is 10.4 Å². The fourth-order valence-electron chi connectivity index (χ4n) is 3.17. The molecule has 1 saturated carbocycles. The lowest BCUT2D eigenvalue weighted by Crippen LogP contribution is -2.28. The molecule has 0 aromatic carbocycles. The van der Waals surface area contributed by atoms with Crippen molar-refractivity contribution in [2.75, 3.05) is 0 Å². The molecular formula is C14H20ClN3. The number of aryl methyl sites for hydroxylation is 2. The van der Waals surface area contributed by atoms with Gasteiger partial charge < -0.3 is 0 Å². The molecule has 3 nitrogen and oxygen atoms in total. The van der Waals surface area contributed by atoms with Gasteiger partial charge in [-0.1, -0.05) is 31.4 Å². The highest BCUT2D eigenvalue weighted by atomic mass is 35.5. The van der Waals surface area contributed by atoms with Crippen molar-refractivity contribution in [1.29, 1.82) is 5.26 Å². The Kier molecular flexibility index (Phi) is 3.68. The van der Waals surface area contributed by atoms with Gasteiger partial charge in [-0.25, -0.2) is 0 Å². The van der Waals surface area contributed by atoms with Gasteiger partial charge in [0.1, 0.15) is 5.15 Å². The van der Waals surface area contributed by atoms with Crippen LogP contribution in [-0.2, 0) is 13.5 Å². The summed E-state index contributed by atoms with van der Waals surface area (Å²) >= 11 is 6.28. The van der Waals surface area contributed by atoms with Crippen LogP contribution in [0.3, 0.4) is 0 Å². The number of aromatic nitrogens is 2. The van der Waals surface area contributed by atoms with E-state index in [2.05, 4.69) is 18.1 Å². The molecule has 2 unspecified atom stereocenters. The largest absolute Gasteiger partial charge is 0.257 e. The zero-order valence-electron chi connectivity index (χ0n) is 11.3. The summed E-state index contributed by atoms with van der Waals surface area (Å²) in [6, 6.07) is 2.56. The van der Waals surface area contributed by atoms with Gasteiger partial charge in [0.05, 0.1) is 17.2 Å². The van der Waals surface area contributed by atoms with Crippen molar-refractivity contribution in [2.24, 2.45) is 18.4 Å². The van der Waals surface area contributed by atoms with E-state index in [1.165, 1.54) is 6.42 Å². The van der Waals surface area contributed by atoms with E-state index in [0.717, 1.165) is 36.9 Å². The van der Waals surface area contributed by atoms with Gasteiger partial charge in [-0.3, -0.25) is 4.68 Å². The molecule has 98 valence electrons. The van der Waals surface area contributed by atoms with E-state index in [9.17, 15) is 5.26 Å². The van der Waals surface area contributed by atoms with Crippen LogP contribution in [0.15, 0.2) is 0 Å². The van der Waals surface area contributed by atoms with Gasteiger partial charge >= 0.3 is 0 Å². The molecular weight excluding hydrogens is 246 g/mol. The van der Waals surface area contributed by atoms with E-state index in [1.807, 2.05) is 14.0 Å². The van der Waals surface area contributed by atoms with E-state index in [4.69, 9.17) is 11.6 Å². The maximum atomic E-state index is 9.59. The molecule has 0 saturated heterocycles. The second-order valence-corrected chi connectivity index (χ2v) is 6.11. The SMILES string of the molecule is Cc1nn(C)c(Cl)c1CC1(C#N)CCCC(C)C1. The van der Waals surface area contributed by atoms with Crippen LogP contribution in [0.2, 0.25) is 5.15 Å². The van der Waals surface area contributed by atoms with Crippen molar-refractivity contribution in [3.05, 3.63) is 16.4 Å². The van der Waals surface area contributed by atoms with Gasteiger partial charge in [0.2, 0.25) is 0 Å². The van der Waals surface area contributed by atoms with Crippen molar-refractivity contribution in [3.8, 4) is 6.07 Å². The van der Waals surface area contributed by atoms with Gasteiger partial charge in [0.25, 0.3) is 0 Å². The fraction of sp³-hybridized carbons (Fsp3) is 0.714. The van der Waals surface area contributed by atoms with Gasteiger partial charge in [-0.05, 0) is 32.1 Å². The predicted molar refractivity (Wildman–Crippen MR) is 72.3 cm³/mol. The third-order valence-corrected chi connectivity index (χ3v) is 4.59. The molecule has 1 aromatic rings. The Morgan fingerprint density at radius 1 is 1.61 bits per heavy atom. The Morgan fingerprint density at radius 2 is 2.33 bits per heavy atom. The molecule has 1 aromatic heterocycles. The normalized spacial score (nSPS) is 28.1. The third-order valence-electron chi connectivity index (χ3n) is 4.11. The molecule has 0 bridgehead atoms. The average Bonchev–Trinajstić information content (AvgIpc) is 2.56. The van der Waals surface area contributed by atoms with E-state index in [1.54, 1.807) is 4.68 Å². The molecule has 0 amide bonds. The molecule has 0 aliphatic heterocycles. The molecule has 2 atom stereocenters. The zero-order chi connectivity index (χ0) is 13.3. The smallest absolute Gasteiger partial charge is 0.130 e. The Hall–Kier alpha value is -1.01. The molecule has 1 aliphatic rings. The molecule has 1 aliphatic carbocycles. The summed E-state index contributed by atoms with van der Waals surface area (Å²) < 4.78 is 1.70. The Balaban J connectivity index is 2.28. The van der Waals surface area contributed by atoms with Crippen molar-refractivity contribution in [2.45, 2.75) is 46.0 Å². The number of rotatable bonds is 2. The average molecular weight is 266 g/mol. The van der Waals surface area contributed by atoms with Crippen LogP contribution in [0, 0.1) is 29.6 Å². The summed E-state index contributed by atoms with van der Waals surface area (Å²) in [6.45, 7) is 4.21. The summed E-state index contributed by atoms with van der Waals surface area (Å²) in [7, 11) is 1.85. The van der Waals surface area contributed by atoms with Gasteiger partial charge in [0.15, 0.2) is 0 Å². The van der Waals surface area contributed by atoms with Crippen LogP contribution >= 0.6 is 11.6 Å². The van der Waals surface area contributed by atoms with Crippen molar-refractivity contribution in [1.82, 2.24) is 9.78 Å². The van der Waals surface area contributed by atoms with Crippen LogP contribution in [-0.4, -0.2) is 9.78 Å². The lowest BCUT2D eigenvalue weighted by molar-refractivity contribution is 0.209. The molecule has 1 fully saturated rings. The van der Waals surface area contributed by atoms with Crippen LogP contribution in [0.5, 0.6) is 0 Å². The quantitative estimate of drug-likeness (QED) is 0.819. The van der Waals surface area contributed by atoms with Gasteiger partial charge in [-0.15, -0.1) is 0 Å². The van der Waals surface area contributed by atoms with E-state index < -0.39 is 0 Å². The number of nitrogens with zero attached hydrogens (tertiary/aromatic N) is 3. The second kappa shape index (κ2) is 4.93. The first-order valence-corrected chi connectivity index (χ1v) is 6.94. The first kappa shape index (κ1) is 13.4. The number of hydrogen-bond donors (Lipinski definition) is 0. The lowest BCUT2D eigenvalue weighted by atomic mass is 9.68. The Labute approximate surface area is 114 Å². The van der Waals surface area contributed by atoms with Crippen LogP contribution in [0.1, 0.15) is 43.9 Å². The molecule has 4 heteroatoms. The Morgan fingerprint density at radius 3 is 2.83 bits per heavy atom. The van der Waals surface area contributed by atoms with E-state index in [-0.39, 0.29) is 5.41 Å². The molecule has 0 spiro atoms. The number of hydrogen-bond acceptors (Lipinski definition) is 2. The second-order valence-electron chi connectivity index (χ2n) is 5.75. The topological polar surface area (TPSA) is 41.6 Å². The molecule has 1 heterocycles. The molecule has 2 rings (SSSR count). The zero-order valence-corrected chi connectivity index (χ0v) is 12.1. The summed E-state index contributed by atoms with van der Waals surface area (Å²) in [5.74, 6) is 0.633. The van der Waals surface area contributed by atoms with Crippen LogP contribution < -0.4 is 0 Å². The number of halogens is 1. The van der Waals surface area contributed by atoms with E-state index >= 15 is 0 Å². The summed E-state index contributed by atoms with van der Waals surface area (Å²) in [4.78, 5) is 0. The maximum Gasteiger partial charge on any atom is 0.130 e. The molecule has 0 radical (unpaired) electrons.